The Kier molecular flexibility index (Phi) is 3.95. The van der Waals surface area contributed by atoms with E-state index in [4.69, 9.17) is 0 Å². The molecule has 0 heterocycles. The Labute approximate surface area is 114 Å². The molecule has 0 saturated heterocycles. The Hall–Kier alpha value is -0.960. The molecule has 106 valence electrons. The van der Waals surface area contributed by atoms with E-state index in [1.807, 2.05) is 27.0 Å². The number of hydrogen-bond donors (Lipinski definition) is 1. The Morgan fingerprint density at radius 2 is 2.00 bits per heavy atom. The van der Waals surface area contributed by atoms with Crippen molar-refractivity contribution in [1.82, 2.24) is 5.32 Å². The van der Waals surface area contributed by atoms with E-state index in [1.54, 1.807) is 18.2 Å². The van der Waals surface area contributed by atoms with E-state index in [0.29, 0.717) is 0 Å². The van der Waals surface area contributed by atoms with Crippen LogP contribution >= 0.6 is 0 Å². The quantitative estimate of drug-likeness (QED) is 0.819. The minimum Gasteiger partial charge on any atom is -0.319 e. The van der Waals surface area contributed by atoms with E-state index in [1.165, 1.54) is 0 Å². The smallest absolute Gasteiger partial charge is 0.273 e. The molecule has 0 bridgehead atoms. The number of benzene rings is 1. The summed E-state index contributed by atoms with van der Waals surface area (Å²) in [6.45, 7) is 4.54. The van der Waals surface area contributed by atoms with Crippen molar-refractivity contribution in [2.45, 2.75) is 44.4 Å². The lowest BCUT2D eigenvalue weighted by Gasteiger charge is -2.22. The molecule has 19 heavy (non-hydrogen) atoms. The van der Waals surface area contributed by atoms with Gasteiger partial charge in [0.2, 0.25) is 0 Å². The largest absolute Gasteiger partial charge is 0.319 e. The van der Waals surface area contributed by atoms with Crippen LogP contribution in [0.3, 0.4) is 0 Å². The molecule has 1 aromatic carbocycles. The lowest BCUT2D eigenvalue weighted by Crippen LogP contribution is -2.24. The molecule has 2 rings (SSSR count). The first-order chi connectivity index (χ1) is 8.89. The van der Waals surface area contributed by atoms with Crippen LogP contribution in [-0.2, 0) is 11.3 Å². The second-order valence-electron chi connectivity index (χ2n) is 6.19. The summed E-state index contributed by atoms with van der Waals surface area (Å²) in [5.41, 5.74) is 1.32. The van der Waals surface area contributed by atoms with Crippen molar-refractivity contribution in [2.24, 2.45) is 5.92 Å². The summed E-state index contributed by atoms with van der Waals surface area (Å²) in [7, 11) is 1.91. The molecule has 0 aliphatic heterocycles. The normalized spacial score (nSPS) is 17.8. The predicted octanol–water partition coefficient (Wildman–Crippen LogP) is 4.08. The molecule has 0 spiro atoms. The van der Waals surface area contributed by atoms with Gasteiger partial charge in [-0.15, -0.1) is 0 Å². The van der Waals surface area contributed by atoms with Gasteiger partial charge in [-0.3, -0.25) is 0 Å². The number of hydrogen-bond acceptors (Lipinski definition) is 1. The molecular formula is C16H23F2N. The van der Waals surface area contributed by atoms with Gasteiger partial charge in [0.25, 0.3) is 5.92 Å². The second-order valence-corrected chi connectivity index (χ2v) is 6.19. The summed E-state index contributed by atoms with van der Waals surface area (Å²) >= 11 is 0. The van der Waals surface area contributed by atoms with Crippen LogP contribution in [0.2, 0.25) is 0 Å². The molecule has 0 aromatic heterocycles. The molecule has 0 amide bonds. The van der Waals surface area contributed by atoms with Crippen LogP contribution in [0.25, 0.3) is 0 Å². The van der Waals surface area contributed by atoms with Crippen LogP contribution < -0.4 is 5.32 Å². The molecule has 3 heteroatoms. The first-order valence-corrected chi connectivity index (χ1v) is 7.03. The highest BCUT2D eigenvalue weighted by atomic mass is 19.3. The number of alkyl halides is 2. The maximum absolute atomic E-state index is 14.2. The first-order valence-electron chi connectivity index (χ1n) is 7.03. The maximum atomic E-state index is 14.2. The van der Waals surface area contributed by atoms with E-state index in [2.05, 4.69) is 5.32 Å². The van der Waals surface area contributed by atoms with Gasteiger partial charge in [-0.2, -0.15) is 0 Å². The Balaban J connectivity index is 2.25. The Morgan fingerprint density at radius 3 is 2.53 bits per heavy atom. The highest BCUT2D eigenvalue weighted by Crippen LogP contribution is 2.48. The molecule has 1 aliphatic rings. The van der Waals surface area contributed by atoms with E-state index >= 15 is 0 Å². The molecule has 0 radical (unpaired) electrons. The van der Waals surface area contributed by atoms with E-state index in [0.717, 1.165) is 24.9 Å². The van der Waals surface area contributed by atoms with Crippen LogP contribution in [-0.4, -0.2) is 13.6 Å². The summed E-state index contributed by atoms with van der Waals surface area (Å²) in [5, 5.41) is 3.17. The second kappa shape index (κ2) is 5.20. The minimum absolute atomic E-state index is 0.00847. The lowest BCUT2D eigenvalue weighted by atomic mass is 9.91. The van der Waals surface area contributed by atoms with Gasteiger partial charge in [0.1, 0.15) is 0 Å². The third kappa shape index (κ3) is 3.14. The lowest BCUT2D eigenvalue weighted by molar-refractivity contribution is -0.0250. The zero-order valence-corrected chi connectivity index (χ0v) is 12.0. The molecule has 0 unspecified atom stereocenters. The van der Waals surface area contributed by atoms with Gasteiger partial charge in [-0.05, 0) is 37.4 Å². The molecule has 1 fully saturated rings. The van der Waals surface area contributed by atoms with Crippen molar-refractivity contribution in [3.63, 3.8) is 0 Å². The number of rotatable bonds is 6. The fourth-order valence-corrected chi connectivity index (χ4v) is 2.76. The average Bonchev–Trinajstić information content (AvgIpc) is 3.09. The van der Waals surface area contributed by atoms with Gasteiger partial charge in [0, 0.05) is 23.9 Å². The molecule has 0 atom stereocenters. The highest BCUT2D eigenvalue weighted by molar-refractivity contribution is 5.36. The van der Waals surface area contributed by atoms with Crippen molar-refractivity contribution in [2.75, 3.05) is 13.6 Å². The van der Waals surface area contributed by atoms with Crippen LogP contribution in [0.15, 0.2) is 24.3 Å². The van der Waals surface area contributed by atoms with Crippen molar-refractivity contribution >= 4 is 0 Å². The summed E-state index contributed by atoms with van der Waals surface area (Å²) < 4.78 is 28.3. The summed E-state index contributed by atoms with van der Waals surface area (Å²) in [6.07, 6.45) is 2.09. The third-order valence-electron chi connectivity index (χ3n) is 3.93. The van der Waals surface area contributed by atoms with Gasteiger partial charge >= 0.3 is 0 Å². The SMILES string of the molecule is CNCC1(c2cccc(C(F)(F)CC(C)C)c2)CC1. The minimum atomic E-state index is -2.72. The maximum Gasteiger partial charge on any atom is 0.273 e. The average molecular weight is 267 g/mol. The zero-order chi connectivity index (χ0) is 14.1. The fourth-order valence-electron chi connectivity index (χ4n) is 2.76. The number of likely N-dealkylation sites (N-methyl/N-ethyl adjacent to an activating group) is 1. The van der Waals surface area contributed by atoms with Gasteiger partial charge < -0.3 is 5.32 Å². The molecule has 1 aliphatic carbocycles. The van der Waals surface area contributed by atoms with Crippen LogP contribution in [0.1, 0.15) is 44.2 Å². The van der Waals surface area contributed by atoms with Crippen molar-refractivity contribution < 1.29 is 8.78 Å². The van der Waals surface area contributed by atoms with Gasteiger partial charge in [-0.25, -0.2) is 8.78 Å². The molecule has 1 aromatic rings. The van der Waals surface area contributed by atoms with Crippen molar-refractivity contribution in [3.05, 3.63) is 35.4 Å². The summed E-state index contributed by atoms with van der Waals surface area (Å²) in [4.78, 5) is 0. The van der Waals surface area contributed by atoms with E-state index in [-0.39, 0.29) is 23.3 Å². The fraction of sp³-hybridized carbons (Fsp3) is 0.625. The first kappa shape index (κ1) is 14.4. The number of nitrogens with one attached hydrogen (secondary N) is 1. The van der Waals surface area contributed by atoms with Gasteiger partial charge in [-0.1, -0.05) is 32.0 Å². The highest BCUT2D eigenvalue weighted by Gasteiger charge is 2.44. The Morgan fingerprint density at radius 1 is 1.32 bits per heavy atom. The zero-order valence-electron chi connectivity index (χ0n) is 12.0. The standard InChI is InChI=1S/C16H23F2N/c1-12(2)10-16(17,18)14-6-4-5-13(9-14)15(7-8-15)11-19-3/h4-6,9,12,19H,7-8,10-11H2,1-3H3. The Bertz CT molecular complexity index is 436. The molecule has 1 saturated carbocycles. The van der Waals surface area contributed by atoms with E-state index < -0.39 is 5.92 Å². The van der Waals surface area contributed by atoms with E-state index in [9.17, 15) is 8.78 Å². The third-order valence-corrected chi connectivity index (χ3v) is 3.93. The van der Waals surface area contributed by atoms with Crippen LogP contribution in [0.5, 0.6) is 0 Å². The summed E-state index contributed by atoms with van der Waals surface area (Å²) in [6, 6.07) is 7.03. The van der Waals surface area contributed by atoms with Gasteiger partial charge in [0.15, 0.2) is 0 Å². The molecular weight excluding hydrogens is 244 g/mol. The predicted molar refractivity (Wildman–Crippen MR) is 74.6 cm³/mol. The molecule has 1 nitrogen and oxygen atoms in total. The molecule has 1 N–H and O–H groups in total. The topological polar surface area (TPSA) is 12.0 Å². The van der Waals surface area contributed by atoms with Crippen molar-refractivity contribution in [1.29, 1.82) is 0 Å². The van der Waals surface area contributed by atoms with Crippen LogP contribution in [0, 0.1) is 5.92 Å². The van der Waals surface area contributed by atoms with Gasteiger partial charge in [0.05, 0.1) is 0 Å². The summed E-state index contributed by atoms with van der Waals surface area (Å²) in [5.74, 6) is -2.73. The monoisotopic (exact) mass is 267 g/mol. The van der Waals surface area contributed by atoms with Crippen molar-refractivity contribution in [3.8, 4) is 0 Å². The van der Waals surface area contributed by atoms with Crippen LogP contribution in [0.4, 0.5) is 8.78 Å². The number of halogens is 2.